The number of nitrogens with zero attached hydrogens (tertiary/aromatic N) is 4. The fraction of sp³-hybridized carbons (Fsp3) is 0.167. The number of thioether (sulfide) groups is 2. The number of hydrogen-bond acceptors (Lipinski definition) is 5. The topological polar surface area (TPSA) is 43.6 Å². The van der Waals surface area contributed by atoms with E-state index in [-0.39, 0.29) is 0 Å². The molecule has 2 aromatic heterocycles. The minimum atomic E-state index is 0.679. The standard InChI is InChI=1S/C18H18N4S2/c1-3-12-22-17(15-8-10-19-11-9-15)20-21-18(22)24-13-14-4-6-16(23-2)7-5-14/h3-11H,1,12-13H2,2H3. The first-order chi connectivity index (χ1) is 11.8. The average Bonchev–Trinajstić information content (AvgIpc) is 3.04. The van der Waals surface area contributed by atoms with Gasteiger partial charge in [-0.25, -0.2) is 0 Å². The third kappa shape index (κ3) is 3.88. The lowest BCUT2D eigenvalue weighted by Gasteiger charge is -2.08. The molecule has 0 saturated heterocycles. The van der Waals surface area contributed by atoms with Crippen molar-refractivity contribution >= 4 is 23.5 Å². The van der Waals surface area contributed by atoms with Gasteiger partial charge in [0.05, 0.1) is 0 Å². The third-order valence-corrected chi connectivity index (χ3v) is 5.28. The maximum atomic E-state index is 4.36. The van der Waals surface area contributed by atoms with E-state index in [0.29, 0.717) is 6.54 Å². The van der Waals surface area contributed by atoms with E-state index >= 15 is 0 Å². The number of rotatable bonds is 7. The minimum Gasteiger partial charge on any atom is -0.298 e. The lowest BCUT2D eigenvalue weighted by Crippen LogP contribution is -2.00. The molecule has 0 saturated carbocycles. The second-order valence-corrected chi connectivity index (χ2v) is 6.90. The normalized spacial score (nSPS) is 10.7. The second-order valence-electron chi connectivity index (χ2n) is 5.08. The van der Waals surface area contributed by atoms with Crippen molar-refractivity contribution in [3.63, 3.8) is 0 Å². The summed E-state index contributed by atoms with van der Waals surface area (Å²) < 4.78 is 2.09. The molecule has 4 nitrogen and oxygen atoms in total. The number of hydrogen-bond donors (Lipinski definition) is 0. The Balaban J connectivity index is 1.80. The van der Waals surface area contributed by atoms with E-state index in [1.165, 1.54) is 10.5 Å². The van der Waals surface area contributed by atoms with Crippen LogP contribution >= 0.6 is 23.5 Å². The summed E-state index contributed by atoms with van der Waals surface area (Å²) in [6.07, 6.45) is 7.48. The van der Waals surface area contributed by atoms with Crippen molar-refractivity contribution in [3.05, 3.63) is 67.0 Å². The van der Waals surface area contributed by atoms with E-state index in [0.717, 1.165) is 22.3 Å². The highest BCUT2D eigenvalue weighted by Crippen LogP contribution is 2.27. The Labute approximate surface area is 150 Å². The van der Waals surface area contributed by atoms with Crippen LogP contribution in [0, 0.1) is 0 Å². The van der Waals surface area contributed by atoms with Crippen LogP contribution in [0.1, 0.15) is 5.56 Å². The molecule has 24 heavy (non-hydrogen) atoms. The molecule has 0 atom stereocenters. The predicted molar refractivity (Wildman–Crippen MR) is 101 cm³/mol. The minimum absolute atomic E-state index is 0.679. The zero-order valence-electron chi connectivity index (χ0n) is 13.4. The molecule has 0 aliphatic heterocycles. The van der Waals surface area contributed by atoms with Crippen LogP contribution in [0.3, 0.4) is 0 Å². The van der Waals surface area contributed by atoms with Gasteiger partial charge in [0.25, 0.3) is 0 Å². The van der Waals surface area contributed by atoms with Crippen molar-refractivity contribution < 1.29 is 0 Å². The van der Waals surface area contributed by atoms with Crippen LogP contribution in [0.15, 0.2) is 71.5 Å². The SMILES string of the molecule is C=CCn1c(SCc2ccc(SC)cc2)nnc1-c1ccncc1. The molecule has 0 aliphatic rings. The van der Waals surface area contributed by atoms with Gasteiger partial charge in [0.15, 0.2) is 11.0 Å². The van der Waals surface area contributed by atoms with Crippen LogP contribution < -0.4 is 0 Å². The molecule has 3 aromatic rings. The molecule has 2 heterocycles. The van der Waals surface area contributed by atoms with E-state index in [2.05, 4.69) is 56.8 Å². The Morgan fingerprint density at radius 2 is 1.83 bits per heavy atom. The van der Waals surface area contributed by atoms with Crippen molar-refractivity contribution in [2.45, 2.75) is 22.3 Å². The highest BCUT2D eigenvalue weighted by molar-refractivity contribution is 7.98. The summed E-state index contributed by atoms with van der Waals surface area (Å²) in [5.41, 5.74) is 2.28. The lowest BCUT2D eigenvalue weighted by atomic mass is 10.2. The third-order valence-electron chi connectivity index (χ3n) is 3.49. The number of aromatic nitrogens is 4. The van der Waals surface area contributed by atoms with Gasteiger partial charge in [-0.15, -0.1) is 28.5 Å². The Hall–Kier alpha value is -2.05. The summed E-state index contributed by atoms with van der Waals surface area (Å²) in [7, 11) is 0. The summed E-state index contributed by atoms with van der Waals surface area (Å²) >= 11 is 3.44. The maximum absolute atomic E-state index is 4.36. The zero-order chi connectivity index (χ0) is 16.8. The molecule has 0 amide bonds. The molecular formula is C18H18N4S2. The number of pyridine rings is 1. The molecular weight excluding hydrogens is 336 g/mol. The summed E-state index contributed by atoms with van der Waals surface area (Å²) in [5.74, 6) is 1.71. The fourth-order valence-electron chi connectivity index (χ4n) is 2.27. The van der Waals surface area contributed by atoms with Gasteiger partial charge in [-0.2, -0.15) is 0 Å². The fourth-order valence-corrected chi connectivity index (χ4v) is 3.59. The van der Waals surface area contributed by atoms with Crippen molar-refractivity contribution in [3.8, 4) is 11.4 Å². The van der Waals surface area contributed by atoms with Crippen molar-refractivity contribution in [2.75, 3.05) is 6.26 Å². The van der Waals surface area contributed by atoms with Crippen LogP contribution in [0.5, 0.6) is 0 Å². The van der Waals surface area contributed by atoms with Gasteiger partial charge >= 0.3 is 0 Å². The number of benzene rings is 1. The predicted octanol–water partition coefficient (Wildman–Crippen LogP) is 4.54. The van der Waals surface area contributed by atoms with Gasteiger partial charge in [-0.1, -0.05) is 30.0 Å². The first kappa shape index (κ1) is 16.8. The molecule has 0 aliphatic carbocycles. The molecule has 0 unspecified atom stereocenters. The molecule has 0 bridgehead atoms. The van der Waals surface area contributed by atoms with Crippen LogP contribution in [-0.2, 0) is 12.3 Å². The average molecular weight is 355 g/mol. The van der Waals surface area contributed by atoms with Crippen molar-refractivity contribution in [2.24, 2.45) is 0 Å². The first-order valence-corrected chi connectivity index (χ1v) is 9.73. The van der Waals surface area contributed by atoms with E-state index in [4.69, 9.17) is 0 Å². The smallest absolute Gasteiger partial charge is 0.192 e. The second kappa shape index (κ2) is 8.17. The molecule has 1 aromatic carbocycles. The Bertz CT molecular complexity index is 798. The van der Waals surface area contributed by atoms with Crippen LogP contribution in [0.25, 0.3) is 11.4 Å². The molecule has 3 rings (SSSR count). The van der Waals surface area contributed by atoms with Gasteiger partial charge in [0.2, 0.25) is 0 Å². The Kier molecular flexibility index (Phi) is 5.72. The largest absolute Gasteiger partial charge is 0.298 e. The van der Waals surface area contributed by atoms with Gasteiger partial charge in [-0.3, -0.25) is 9.55 Å². The number of allylic oxidation sites excluding steroid dienone is 1. The van der Waals surface area contributed by atoms with Crippen LogP contribution in [-0.4, -0.2) is 26.0 Å². The molecule has 6 heteroatoms. The van der Waals surface area contributed by atoms with Crippen molar-refractivity contribution in [1.82, 2.24) is 19.7 Å². The molecule has 0 N–H and O–H groups in total. The highest BCUT2D eigenvalue weighted by atomic mass is 32.2. The zero-order valence-corrected chi connectivity index (χ0v) is 15.1. The van der Waals surface area contributed by atoms with E-state index in [9.17, 15) is 0 Å². The molecule has 0 radical (unpaired) electrons. The van der Waals surface area contributed by atoms with E-state index in [1.54, 1.807) is 35.9 Å². The van der Waals surface area contributed by atoms with E-state index in [1.807, 2.05) is 18.2 Å². The van der Waals surface area contributed by atoms with Crippen LogP contribution in [0.2, 0.25) is 0 Å². The van der Waals surface area contributed by atoms with E-state index < -0.39 is 0 Å². The van der Waals surface area contributed by atoms with Crippen LogP contribution in [0.4, 0.5) is 0 Å². The molecule has 0 fully saturated rings. The molecule has 122 valence electrons. The van der Waals surface area contributed by atoms with Gasteiger partial charge in [0, 0.05) is 35.2 Å². The quantitative estimate of drug-likeness (QED) is 0.460. The summed E-state index contributed by atoms with van der Waals surface area (Å²) in [6.45, 7) is 4.53. The first-order valence-electron chi connectivity index (χ1n) is 7.52. The monoisotopic (exact) mass is 354 g/mol. The summed E-state index contributed by atoms with van der Waals surface area (Å²) in [5, 5.41) is 9.62. The van der Waals surface area contributed by atoms with Crippen molar-refractivity contribution in [1.29, 1.82) is 0 Å². The summed E-state index contributed by atoms with van der Waals surface area (Å²) in [6, 6.07) is 12.5. The van der Waals surface area contributed by atoms with Gasteiger partial charge in [0.1, 0.15) is 0 Å². The lowest BCUT2D eigenvalue weighted by molar-refractivity contribution is 0.731. The summed E-state index contributed by atoms with van der Waals surface area (Å²) in [4.78, 5) is 5.34. The van der Waals surface area contributed by atoms with Gasteiger partial charge in [-0.05, 0) is 36.1 Å². The maximum Gasteiger partial charge on any atom is 0.192 e. The Morgan fingerprint density at radius 3 is 2.50 bits per heavy atom. The molecule has 0 spiro atoms. The highest BCUT2D eigenvalue weighted by Gasteiger charge is 2.13. The van der Waals surface area contributed by atoms with Gasteiger partial charge < -0.3 is 0 Å². The Morgan fingerprint density at radius 1 is 1.08 bits per heavy atom.